The maximum absolute atomic E-state index is 9.15. The predicted octanol–water partition coefficient (Wildman–Crippen LogP) is 1.17. The molecule has 0 aromatic heterocycles. The minimum absolute atomic E-state index is 0.173. The Balaban J connectivity index is 2.39. The maximum atomic E-state index is 9.15. The molecule has 0 atom stereocenters. The van der Waals surface area contributed by atoms with Gasteiger partial charge in [0.2, 0.25) is 0 Å². The Morgan fingerprint density at radius 3 is 3.08 bits per heavy atom. The van der Waals surface area contributed by atoms with E-state index < -0.39 is 0 Å². The van der Waals surface area contributed by atoms with Crippen LogP contribution in [0.4, 0.5) is 0 Å². The number of benzene rings is 1. The summed E-state index contributed by atoms with van der Waals surface area (Å²) in [6.07, 6.45) is 1.07. The molecule has 0 spiro atoms. The lowest BCUT2D eigenvalue weighted by atomic mass is 9.95. The summed E-state index contributed by atoms with van der Waals surface area (Å²) >= 11 is 0. The Morgan fingerprint density at radius 1 is 1.46 bits per heavy atom. The highest BCUT2D eigenvalue weighted by molar-refractivity contribution is 5.36. The van der Waals surface area contributed by atoms with Crippen LogP contribution in [-0.4, -0.2) is 23.6 Å². The zero-order valence-corrected chi connectivity index (χ0v) is 7.95. The van der Waals surface area contributed by atoms with Gasteiger partial charge in [-0.15, -0.1) is 0 Å². The monoisotopic (exact) mass is 177 g/mol. The highest BCUT2D eigenvalue weighted by Crippen LogP contribution is 2.21. The molecule has 1 aliphatic rings. The Kier molecular flexibility index (Phi) is 2.34. The van der Waals surface area contributed by atoms with Crippen molar-refractivity contribution in [2.45, 2.75) is 19.6 Å². The number of hydrogen-bond donors (Lipinski definition) is 1. The Labute approximate surface area is 78.8 Å². The highest BCUT2D eigenvalue weighted by atomic mass is 16.3. The predicted molar refractivity (Wildman–Crippen MR) is 52.4 cm³/mol. The Bertz CT molecular complexity index is 309. The van der Waals surface area contributed by atoms with Crippen molar-refractivity contribution in [3.8, 4) is 0 Å². The average Bonchev–Trinajstić information content (AvgIpc) is 2.16. The molecule has 0 amide bonds. The number of nitrogens with zero attached hydrogens (tertiary/aromatic N) is 1. The van der Waals surface area contributed by atoms with Crippen LogP contribution in [-0.2, 0) is 19.6 Å². The topological polar surface area (TPSA) is 23.5 Å². The van der Waals surface area contributed by atoms with Gasteiger partial charge in [-0.2, -0.15) is 0 Å². The summed E-state index contributed by atoms with van der Waals surface area (Å²) < 4.78 is 0. The fourth-order valence-corrected chi connectivity index (χ4v) is 1.98. The van der Waals surface area contributed by atoms with E-state index in [1.54, 1.807) is 0 Å². The molecule has 0 saturated heterocycles. The summed E-state index contributed by atoms with van der Waals surface area (Å²) in [5, 5.41) is 9.15. The van der Waals surface area contributed by atoms with Crippen molar-refractivity contribution in [3.05, 3.63) is 34.9 Å². The van der Waals surface area contributed by atoms with Crippen LogP contribution in [0.15, 0.2) is 18.2 Å². The van der Waals surface area contributed by atoms with Gasteiger partial charge >= 0.3 is 0 Å². The number of rotatable bonds is 1. The average molecular weight is 177 g/mol. The van der Waals surface area contributed by atoms with Gasteiger partial charge in [-0.25, -0.2) is 0 Å². The van der Waals surface area contributed by atoms with E-state index in [1.165, 1.54) is 11.1 Å². The van der Waals surface area contributed by atoms with Gasteiger partial charge in [-0.05, 0) is 30.2 Å². The number of likely N-dealkylation sites (N-methyl/N-ethyl adjacent to an activating group) is 1. The van der Waals surface area contributed by atoms with Crippen molar-refractivity contribution in [1.82, 2.24) is 4.90 Å². The first-order valence-corrected chi connectivity index (χ1v) is 4.70. The lowest BCUT2D eigenvalue weighted by Gasteiger charge is -2.26. The number of aliphatic hydroxyl groups excluding tert-OH is 1. The van der Waals surface area contributed by atoms with Crippen LogP contribution < -0.4 is 0 Å². The van der Waals surface area contributed by atoms with Gasteiger partial charge in [0.1, 0.15) is 0 Å². The van der Waals surface area contributed by atoms with E-state index in [4.69, 9.17) is 5.11 Å². The minimum atomic E-state index is 0.173. The number of aliphatic hydroxyl groups is 1. The molecule has 0 unspecified atom stereocenters. The van der Waals surface area contributed by atoms with E-state index in [9.17, 15) is 0 Å². The van der Waals surface area contributed by atoms with E-state index in [0.717, 1.165) is 25.1 Å². The van der Waals surface area contributed by atoms with Crippen molar-refractivity contribution in [1.29, 1.82) is 0 Å². The molecule has 1 N–H and O–H groups in total. The number of fused-ring (bicyclic) bond motifs is 1. The summed E-state index contributed by atoms with van der Waals surface area (Å²) in [5.41, 5.74) is 3.84. The van der Waals surface area contributed by atoms with Gasteiger partial charge in [0, 0.05) is 13.1 Å². The van der Waals surface area contributed by atoms with Gasteiger partial charge in [0.05, 0.1) is 6.61 Å². The third kappa shape index (κ3) is 1.60. The molecular formula is C11H15NO. The Morgan fingerprint density at radius 2 is 2.31 bits per heavy atom. The highest BCUT2D eigenvalue weighted by Gasteiger charge is 2.14. The molecule has 1 aromatic rings. The minimum Gasteiger partial charge on any atom is -0.392 e. The smallest absolute Gasteiger partial charge is 0.0684 e. The fraction of sp³-hybridized carbons (Fsp3) is 0.455. The second-order valence-electron chi connectivity index (χ2n) is 3.70. The molecule has 1 aromatic carbocycles. The van der Waals surface area contributed by atoms with Gasteiger partial charge < -0.3 is 10.0 Å². The summed E-state index contributed by atoms with van der Waals surface area (Å²) in [7, 11) is 2.13. The lowest BCUT2D eigenvalue weighted by molar-refractivity contribution is 0.274. The van der Waals surface area contributed by atoms with Gasteiger partial charge in [0.15, 0.2) is 0 Å². The van der Waals surface area contributed by atoms with E-state index in [0.29, 0.717) is 0 Å². The molecule has 0 saturated carbocycles. The van der Waals surface area contributed by atoms with E-state index in [-0.39, 0.29) is 6.61 Å². The quantitative estimate of drug-likeness (QED) is 0.696. The first-order valence-electron chi connectivity index (χ1n) is 4.70. The van der Waals surface area contributed by atoms with Crippen LogP contribution in [0, 0.1) is 0 Å². The van der Waals surface area contributed by atoms with Crippen LogP contribution in [0.3, 0.4) is 0 Å². The summed E-state index contributed by atoms with van der Waals surface area (Å²) in [4.78, 5) is 2.31. The second kappa shape index (κ2) is 3.48. The van der Waals surface area contributed by atoms with Crippen LogP contribution >= 0.6 is 0 Å². The normalized spacial score (nSPS) is 17.1. The van der Waals surface area contributed by atoms with Crippen LogP contribution in [0.1, 0.15) is 16.7 Å². The van der Waals surface area contributed by atoms with Crippen LogP contribution in [0.5, 0.6) is 0 Å². The summed E-state index contributed by atoms with van der Waals surface area (Å²) in [5.74, 6) is 0. The molecule has 0 aliphatic carbocycles. The summed E-state index contributed by atoms with van der Waals surface area (Å²) in [6.45, 7) is 2.29. The molecule has 2 nitrogen and oxygen atoms in total. The lowest BCUT2D eigenvalue weighted by Crippen LogP contribution is -2.27. The fourth-order valence-electron chi connectivity index (χ4n) is 1.98. The molecule has 0 fully saturated rings. The second-order valence-corrected chi connectivity index (χ2v) is 3.70. The van der Waals surface area contributed by atoms with E-state index in [2.05, 4.69) is 18.0 Å². The van der Waals surface area contributed by atoms with E-state index >= 15 is 0 Å². The molecule has 0 radical (unpaired) electrons. The van der Waals surface area contributed by atoms with Crippen molar-refractivity contribution >= 4 is 0 Å². The zero-order chi connectivity index (χ0) is 9.26. The SMILES string of the molecule is CN1CCc2c(CO)cccc2C1. The largest absolute Gasteiger partial charge is 0.392 e. The molecular weight excluding hydrogens is 162 g/mol. The molecule has 2 rings (SSSR count). The van der Waals surface area contributed by atoms with Crippen LogP contribution in [0.25, 0.3) is 0 Å². The van der Waals surface area contributed by atoms with Crippen LogP contribution in [0.2, 0.25) is 0 Å². The van der Waals surface area contributed by atoms with Crippen molar-refractivity contribution in [2.75, 3.05) is 13.6 Å². The standard InChI is InChI=1S/C11H15NO/c1-12-6-5-11-9(7-12)3-2-4-10(11)8-13/h2-4,13H,5-8H2,1H3. The summed E-state index contributed by atoms with van der Waals surface area (Å²) in [6, 6.07) is 6.21. The van der Waals surface area contributed by atoms with Crippen molar-refractivity contribution in [3.63, 3.8) is 0 Å². The molecule has 13 heavy (non-hydrogen) atoms. The number of hydrogen-bond acceptors (Lipinski definition) is 2. The third-order valence-electron chi connectivity index (χ3n) is 2.72. The molecule has 2 heteroatoms. The maximum Gasteiger partial charge on any atom is 0.0684 e. The molecule has 70 valence electrons. The molecule has 1 heterocycles. The van der Waals surface area contributed by atoms with Gasteiger partial charge in [-0.1, -0.05) is 18.2 Å². The van der Waals surface area contributed by atoms with Crippen molar-refractivity contribution in [2.24, 2.45) is 0 Å². The molecule has 1 aliphatic heterocycles. The zero-order valence-electron chi connectivity index (χ0n) is 7.95. The van der Waals surface area contributed by atoms with Gasteiger partial charge in [-0.3, -0.25) is 0 Å². The van der Waals surface area contributed by atoms with Gasteiger partial charge in [0.25, 0.3) is 0 Å². The first-order chi connectivity index (χ1) is 6.31. The Hall–Kier alpha value is -0.860. The first kappa shape index (κ1) is 8.73. The van der Waals surface area contributed by atoms with Crippen molar-refractivity contribution < 1.29 is 5.11 Å². The third-order valence-corrected chi connectivity index (χ3v) is 2.72. The molecule has 0 bridgehead atoms. The van der Waals surface area contributed by atoms with E-state index in [1.807, 2.05) is 12.1 Å².